The van der Waals surface area contributed by atoms with E-state index < -0.39 is 16.2 Å². The van der Waals surface area contributed by atoms with Crippen molar-refractivity contribution in [1.82, 2.24) is 0 Å². The van der Waals surface area contributed by atoms with Crippen molar-refractivity contribution >= 4 is 10.1 Å². The first-order valence-electron chi connectivity index (χ1n) is 6.79. The molecule has 0 radical (unpaired) electrons. The first kappa shape index (κ1) is 14.0. The van der Waals surface area contributed by atoms with Gasteiger partial charge in [0.05, 0.1) is 17.6 Å². The molecule has 5 nitrogen and oxygen atoms in total. The van der Waals surface area contributed by atoms with Gasteiger partial charge in [-0.2, -0.15) is 8.42 Å². The van der Waals surface area contributed by atoms with Gasteiger partial charge in [0.1, 0.15) is 12.2 Å². The molecule has 2 aliphatic heterocycles. The average Bonchev–Trinajstić information content (AvgIpc) is 2.82. The van der Waals surface area contributed by atoms with Crippen molar-refractivity contribution in [3.8, 4) is 0 Å². The molecule has 3 rings (SSSR count). The van der Waals surface area contributed by atoms with Crippen molar-refractivity contribution in [3.63, 3.8) is 0 Å². The Hall–Kier alpha value is -0.950. The lowest BCUT2D eigenvalue weighted by Gasteiger charge is -2.27. The minimum atomic E-state index is -3.77. The van der Waals surface area contributed by atoms with Crippen LogP contribution in [0.25, 0.3) is 0 Å². The van der Waals surface area contributed by atoms with E-state index in [1.54, 1.807) is 24.3 Å². The van der Waals surface area contributed by atoms with Crippen LogP contribution in [0.4, 0.5) is 0 Å². The van der Waals surface area contributed by atoms with Crippen molar-refractivity contribution in [1.29, 1.82) is 0 Å². The van der Waals surface area contributed by atoms with Crippen LogP contribution in [0.2, 0.25) is 0 Å². The van der Waals surface area contributed by atoms with E-state index in [4.69, 9.17) is 13.7 Å². The Morgan fingerprint density at radius 3 is 2.70 bits per heavy atom. The Morgan fingerprint density at radius 1 is 1.20 bits per heavy atom. The zero-order valence-electron chi connectivity index (χ0n) is 11.3. The fourth-order valence-corrected chi connectivity index (χ4v) is 3.69. The van der Waals surface area contributed by atoms with Crippen LogP contribution in [-0.4, -0.2) is 39.9 Å². The van der Waals surface area contributed by atoms with E-state index >= 15 is 0 Å². The molecule has 0 spiro atoms. The SMILES string of the molecule is Cc1ccc(S(=O)(=O)O[C@@H]2CO[C@@H]3CCCO[C@@H]32)cc1. The van der Waals surface area contributed by atoms with Gasteiger partial charge in [-0.1, -0.05) is 17.7 Å². The molecule has 3 atom stereocenters. The number of aryl methyl sites for hydroxylation is 1. The van der Waals surface area contributed by atoms with E-state index in [2.05, 4.69) is 0 Å². The molecule has 110 valence electrons. The van der Waals surface area contributed by atoms with Crippen LogP contribution in [0.5, 0.6) is 0 Å². The molecule has 0 aromatic heterocycles. The highest BCUT2D eigenvalue weighted by atomic mass is 32.2. The van der Waals surface area contributed by atoms with Gasteiger partial charge in [0.2, 0.25) is 0 Å². The Morgan fingerprint density at radius 2 is 1.95 bits per heavy atom. The highest BCUT2D eigenvalue weighted by molar-refractivity contribution is 7.86. The molecular weight excluding hydrogens is 280 g/mol. The second-order valence-electron chi connectivity index (χ2n) is 5.25. The lowest BCUT2D eigenvalue weighted by atomic mass is 10.0. The summed E-state index contributed by atoms with van der Waals surface area (Å²) in [6, 6.07) is 6.61. The van der Waals surface area contributed by atoms with Gasteiger partial charge >= 0.3 is 0 Å². The normalized spacial score (nSPS) is 30.1. The van der Waals surface area contributed by atoms with E-state index in [1.807, 2.05) is 6.92 Å². The fourth-order valence-electron chi connectivity index (χ4n) is 2.62. The lowest BCUT2D eigenvalue weighted by molar-refractivity contribution is -0.0641. The van der Waals surface area contributed by atoms with E-state index in [0.29, 0.717) is 6.61 Å². The molecule has 0 N–H and O–H groups in total. The second-order valence-corrected chi connectivity index (χ2v) is 6.82. The molecule has 6 heteroatoms. The molecule has 20 heavy (non-hydrogen) atoms. The molecule has 2 saturated heterocycles. The Bertz CT molecular complexity index is 566. The van der Waals surface area contributed by atoms with Crippen LogP contribution in [-0.2, 0) is 23.8 Å². The minimum Gasteiger partial charge on any atom is -0.373 e. The lowest BCUT2D eigenvalue weighted by Crippen LogP contribution is -2.39. The van der Waals surface area contributed by atoms with Gasteiger partial charge in [0.15, 0.2) is 0 Å². The number of benzene rings is 1. The van der Waals surface area contributed by atoms with E-state index in [-0.39, 0.29) is 23.7 Å². The minimum absolute atomic E-state index is 0.0398. The summed E-state index contributed by atoms with van der Waals surface area (Å²) in [6.45, 7) is 2.80. The van der Waals surface area contributed by atoms with E-state index in [0.717, 1.165) is 18.4 Å². The van der Waals surface area contributed by atoms with Gasteiger partial charge in [-0.25, -0.2) is 0 Å². The third-order valence-electron chi connectivity index (χ3n) is 3.71. The van der Waals surface area contributed by atoms with Crippen LogP contribution >= 0.6 is 0 Å². The van der Waals surface area contributed by atoms with Gasteiger partial charge in [-0.05, 0) is 31.9 Å². The van der Waals surface area contributed by atoms with Crippen molar-refractivity contribution in [2.24, 2.45) is 0 Å². The summed E-state index contributed by atoms with van der Waals surface area (Å²) in [7, 11) is -3.77. The maximum absolute atomic E-state index is 12.2. The van der Waals surface area contributed by atoms with E-state index in [9.17, 15) is 8.42 Å². The monoisotopic (exact) mass is 298 g/mol. The molecule has 2 fully saturated rings. The summed E-state index contributed by atoms with van der Waals surface area (Å²) in [5.74, 6) is 0. The molecule has 1 aromatic rings. The molecule has 0 bridgehead atoms. The van der Waals surface area contributed by atoms with Crippen molar-refractivity contribution in [2.75, 3.05) is 13.2 Å². The molecule has 2 aliphatic rings. The Labute approximate surface area is 119 Å². The van der Waals surface area contributed by atoms with Crippen molar-refractivity contribution in [2.45, 2.75) is 43.0 Å². The molecule has 0 amide bonds. The zero-order valence-corrected chi connectivity index (χ0v) is 12.1. The first-order valence-corrected chi connectivity index (χ1v) is 8.20. The molecule has 0 aliphatic carbocycles. The van der Waals surface area contributed by atoms with Crippen LogP contribution < -0.4 is 0 Å². The highest BCUT2D eigenvalue weighted by Crippen LogP contribution is 2.30. The summed E-state index contributed by atoms with van der Waals surface area (Å²) in [5, 5.41) is 0. The summed E-state index contributed by atoms with van der Waals surface area (Å²) in [4.78, 5) is 0.169. The quantitative estimate of drug-likeness (QED) is 0.794. The van der Waals surface area contributed by atoms with Gasteiger partial charge in [-0.3, -0.25) is 4.18 Å². The van der Waals surface area contributed by atoms with Gasteiger partial charge in [0.25, 0.3) is 10.1 Å². The second kappa shape index (κ2) is 5.44. The smallest absolute Gasteiger partial charge is 0.297 e. The zero-order chi connectivity index (χ0) is 14.2. The molecule has 0 unspecified atom stereocenters. The Kier molecular flexibility index (Phi) is 3.81. The van der Waals surface area contributed by atoms with Gasteiger partial charge < -0.3 is 9.47 Å². The van der Waals surface area contributed by atoms with Crippen LogP contribution in [0.3, 0.4) is 0 Å². The van der Waals surface area contributed by atoms with E-state index in [1.165, 1.54) is 0 Å². The third kappa shape index (κ3) is 2.74. The molecular formula is C14H18O5S. The van der Waals surface area contributed by atoms with Crippen LogP contribution in [0, 0.1) is 6.92 Å². The topological polar surface area (TPSA) is 61.8 Å². The largest absolute Gasteiger partial charge is 0.373 e. The van der Waals surface area contributed by atoms with Crippen LogP contribution in [0.15, 0.2) is 29.2 Å². The number of hydrogen-bond acceptors (Lipinski definition) is 5. The maximum Gasteiger partial charge on any atom is 0.297 e. The molecule has 1 aromatic carbocycles. The van der Waals surface area contributed by atoms with Crippen LogP contribution in [0.1, 0.15) is 18.4 Å². The van der Waals surface area contributed by atoms with Gasteiger partial charge in [-0.15, -0.1) is 0 Å². The van der Waals surface area contributed by atoms with Gasteiger partial charge in [0, 0.05) is 6.61 Å². The average molecular weight is 298 g/mol. The predicted octanol–water partition coefficient (Wildman–Crippen LogP) is 1.65. The summed E-state index contributed by atoms with van der Waals surface area (Å²) >= 11 is 0. The predicted molar refractivity (Wildman–Crippen MR) is 72.0 cm³/mol. The summed E-state index contributed by atoms with van der Waals surface area (Å²) < 4.78 is 41.0. The van der Waals surface area contributed by atoms with Crippen molar-refractivity contribution in [3.05, 3.63) is 29.8 Å². The number of ether oxygens (including phenoxy) is 2. The van der Waals surface area contributed by atoms with Crippen molar-refractivity contribution < 1.29 is 22.1 Å². The summed E-state index contributed by atoms with van der Waals surface area (Å²) in [5.41, 5.74) is 1.00. The third-order valence-corrected chi connectivity index (χ3v) is 5.06. The fraction of sp³-hybridized carbons (Fsp3) is 0.571. The number of rotatable bonds is 3. The number of hydrogen-bond donors (Lipinski definition) is 0. The highest BCUT2D eigenvalue weighted by Gasteiger charge is 2.43. The molecule has 0 saturated carbocycles. The number of fused-ring (bicyclic) bond motifs is 1. The molecule has 2 heterocycles. The Balaban J connectivity index is 1.75. The summed E-state index contributed by atoms with van der Waals surface area (Å²) in [6.07, 6.45) is 0.978. The standard InChI is InChI=1S/C14H18O5S/c1-10-4-6-11(7-5-10)20(15,16)19-13-9-18-12-3-2-8-17-14(12)13/h4-7,12-14H,2-3,8-9H2,1H3/t12-,13-,14+/m1/s1. The maximum atomic E-state index is 12.2. The first-order chi connectivity index (χ1) is 9.56.